The van der Waals surface area contributed by atoms with Gasteiger partial charge in [0.2, 0.25) is 0 Å². The fraction of sp³-hybridized carbons (Fsp3) is 0.700. The summed E-state index contributed by atoms with van der Waals surface area (Å²) in [5, 5.41) is 0. The number of esters is 3. The van der Waals surface area contributed by atoms with Crippen molar-refractivity contribution in [1.29, 1.82) is 0 Å². The molecule has 0 saturated carbocycles. The van der Waals surface area contributed by atoms with Crippen molar-refractivity contribution < 1.29 is 28.6 Å². The molecule has 434 valence electrons. The van der Waals surface area contributed by atoms with Gasteiger partial charge in [0, 0.05) is 19.3 Å². The zero-order valence-corrected chi connectivity index (χ0v) is 49.7. The van der Waals surface area contributed by atoms with E-state index in [9.17, 15) is 14.4 Å². The van der Waals surface area contributed by atoms with Crippen LogP contribution in [0.5, 0.6) is 0 Å². The topological polar surface area (TPSA) is 78.9 Å². The number of hydrogen-bond donors (Lipinski definition) is 0. The van der Waals surface area contributed by atoms with Crippen molar-refractivity contribution in [2.75, 3.05) is 13.2 Å². The largest absolute Gasteiger partial charge is 0.462 e. The molecule has 0 aliphatic heterocycles. The van der Waals surface area contributed by atoms with Crippen LogP contribution in [0.4, 0.5) is 0 Å². The van der Waals surface area contributed by atoms with Gasteiger partial charge in [-0.2, -0.15) is 0 Å². The molecular weight excluding hydrogens is 937 g/mol. The molecule has 0 fully saturated rings. The number of carbonyl (C=O) groups excluding carboxylic acids is 3. The minimum absolute atomic E-state index is 0.0846. The van der Waals surface area contributed by atoms with Crippen LogP contribution in [0.1, 0.15) is 297 Å². The van der Waals surface area contributed by atoms with Crippen molar-refractivity contribution in [3.63, 3.8) is 0 Å². The molecule has 0 aromatic carbocycles. The summed E-state index contributed by atoms with van der Waals surface area (Å²) in [6, 6.07) is 0. The van der Waals surface area contributed by atoms with Crippen LogP contribution < -0.4 is 0 Å². The molecule has 76 heavy (non-hydrogen) atoms. The molecular formula is C70H118O6. The maximum Gasteiger partial charge on any atom is 0.306 e. The first-order chi connectivity index (χ1) is 37.5. The Balaban J connectivity index is 4.16. The first-order valence-corrected chi connectivity index (χ1v) is 31.9. The Morgan fingerprint density at radius 3 is 0.803 bits per heavy atom. The van der Waals surface area contributed by atoms with E-state index in [1.54, 1.807) is 0 Å². The minimum Gasteiger partial charge on any atom is -0.462 e. The normalized spacial score (nSPS) is 12.8. The summed E-state index contributed by atoms with van der Waals surface area (Å²) in [4.78, 5) is 38.0. The van der Waals surface area contributed by atoms with E-state index in [1.165, 1.54) is 128 Å². The van der Waals surface area contributed by atoms with Crippen LogP contribution in [0.3, 0.4) is 0 Å². The Bertz CT molecular complexity index is 1540. The molecule has 0 amide bonds. The minimum atomic E-state index is -0.786. The van der Waals surface area contributed by atoms with Crippen molar-refractivity contribution in [3.8, 4) is 0 Å². The van der Waals surface area contributed by atoms with Gasteiger partial charge in [-0.25, -0.2) is 0 Å². The average Bonchev–Trinajstić information content (AvgIpc) is 3.42. The van der Waals surface area contributed by atoms with E-state index >= 15 is 0 Å². The highest BCUT2D eigenvalue weighted by Crippen LogP contribution is 2.16. The van der Waals surface area contributed by atoms with E-state index in [2.05, 4.69) is 130 Å². The molecule has 0 aromatic heterocycles. The second-order valence-corrected chi connectivity index (χ2v) is 20.9. The van der Waals surface area contributed by atoms with Crippen LogP contribution in [0.25, 0.3) is 0 Å². The maximum absolute atomic E-state index is 12.9. The smallest absolute Gasteiger partial charge is 0.306 e. The van der Waals surface area contributed by atoms with E-state index in [0.717, 1.165) is 128 Å². The van der Waals surface area contributed by atoms with Crippen LogP contribution in [-0.2, 0) is 28.6 Å². The molecule has 0 aromatic rings. The van der Waals surface area contributed by atoms with Gasteiger partial charge in [0.25, 0.3) is 0 Å². The lowest BCUT2D eigenvalue weighted by Crippen LogP contribution is -2.30. The van der Waals surface area contributed by atoms with E-state index < -0.39 is 6.10 Å². The molecule has 0 saturated heterocycles. The Labute approximate surface area is 470 Å². The van der Waals surface area contributed by atoms with Gasteiger partial charge < -0.3 is 14.2 Å². The monoisotopic (exact) mass is 1050 g/mol. The quantitative estimate of drug-likeness (QED) is 0.0261. The summed E-state index contributed by atoms with van der Waals surface area (Å²) in [6.07, 6.45) is 87.0. The second kappa shape index (κ2) is 63.6. The van der Waals surface area contributed by atoms with Gasteiger partial charge in [-0.1, -0.05) is 278 Å². The van der Waals surface area contributed by atoms with Crippen molar-refractivity contribution in [2.24, 2.45) is 0 Å². The third-order valence-electron chi connectivity index (χ3n) is 13.5. The molecule has 0 spiro atoms. The van der Waals surface area contributed by atoms with Crippen molar-refractivity contribution in [3.05, 3.63) is 109 Å². The van der Waals surface area contributed by atoms with Gasteiger partial charge in [-0.05, 0) is 109 Å². The molecule has 1 unspecified atom stereocenters. The van der Waals surface area contributed by atoms with Crippen LogP contribution in [-0.4, -0.2) is 37.2 Å². The van der Waals surface area contributed by atoms with E-state index in [4.69, 9.17) is 14.2 Å². The molecule has 1 atom stereocenters. The lowest BCUT2D eigenvalue weighted by molar-refractivity contribution is -0.167. The molecule has 0 aliphatic rings. The zero-order chi connectivity index (χ0) is 55.0. The molecule has 0 N–H and O–H groups in total. The summed E-state index contributed by atoms with van der Waals surface area (Å²) in [5.41, 5.74) is 0. The predicted octanol–water partition coefficient (Wildman–Crippen LogP) is 21.8. The van der Waals surface area contributed by atoms with E-state index in [0.29, 0.717) is 19.3 Å². The molecule has 0 radical (unpaired) electrons. The summed E-state index contributed by atoms with van der Waals surface area (Å²) < 4.78 is 16.8. The number of carbonyl (C=O) groups is 3. The van der Waals surface area contributed by atoms with Crippen LogP contribution in [0.15, 0.2) is 109 Å². The second-order valence-electron chi connectivity index (χ2n) is 20.9. The first-order valence-electron chi connectivity index (χ1n) is 31.9. The van der Waals surface area contributed by atoms with Crippen molar-refractivity contribution in [2.45, 2.75) is 303 Å². The van der Waals surface area contributed by atoms with Crippen LogP contribution in [0.2, 0.25) is 0 Å². The SMILES string of the molecule is CC/C=C\C/C=C\C/C=C\C/C=C\C/C=C\C/C=C\C/C=C\CCCCCCCC(=O)OCC(COC(=O)CCCCCCCC)OC(=O)CCCCCCCCCCCCCCC/C=C\C/C=C\CCCCCCC. The van der Waals surface area contributed by atoms with Crippen molar-refractivity contribution in [1.82, 2.24) is 0 Å². The van der Waals surface area contributed by atoms with Gasteiger partial charge >= 0.3 is 17.9 Å². The molecule has 0 bridgehead atoms. The highest BCUT2D eigenvalue weighted by atomic mass is 16.6. The lowest BCUT2D eigenvalue weighted by Gasteiger charge is -2.18. The van der Waals surface area contributed by atoms with E-state index in [1.807, 2.05) is 0 Å². The molecule has 0 heterocycles. The number of hydrogen-bond acceptors (Lipinski definition) is 6. The number of allylic oxidation sites excluding steroid dienone is 18. The molecule has 6 heteroatoms. The average molecular weight is 1060 g/mol. The Morgan fingerprint density at radius 2 is 0.513 bits per heavy atom. The number of ether oxygens (including phenoxy) is 3. The van der Waals surface area contributed by atoms with Gasteiger partial charge in [0.05, 0.1) is 0 Å². The van der Waals surface area contributed by atoms with Gasteiger partial charge in [-0.3, -0.25) is 14.4 Å². The Kier molecular flexibility index (Phi) is 60.3. The zero-order valence-electron chi connectivity index (χ0n) is 49.7. The van der Waals surface area contributed by atoms with Crippen LogP contribution >= 0.6 is 0 Å². The summed E-state index contributed by atoms with van der Waals surface area (Å²) in [7, 11) is 0. The summed E-state index contributed by atoms with van der Waals surface area (Å²) >= 11 is 0. The summed E-state index contributed by atoms with van der Waals surface area (Å²) in [5.74, 6) is -0.910. The van der Waals surface area contributed by atoms with E-state index in [-0.39, 0.29) is 31.1 Å². The summed E-state index contributed by atoms with van der Waals surface area (Å²) in [6.45, 7) is 6.45. The first kappa shape index (κ1) is 72.1. The number of unbranched alkanes of at least 4 members (excludes halogenated alkanes) is 28. The number of rotatable bonds is 57. The highest BCUT2D eigenvalue weighted by molar-refractivity contribution is 5.71. The predicted molar refractivity (Wildman–Crippen MR) is 330 cm³/mol. The fourth-order valence-electron chi connectivity index (χ4n) is 8.75. The molecule has 0 aliphatic carbocycles. The Morgan fingerprint density at radius 1 is 0.276 bits per heavy atom. The molecule has 0 rings (SSSR count). The third kappa shape index (κ3) is 60.9. The van der Waals surface area contributed by atoms with Gasteiger partial charge in [-0.15, -0.1) is 0 Å². The third-order valence-corrected chi connectivity index (χ3v) is 13.5. The lowest BCUT2D eigenvalue weighted by atomic mass is 10.0. The van der Waals surface area contributed by atoms with Gasteiger partial charge in [0.15, 0.2) is 6.10 Å². The van der Waals surface area contributed by atoms with Crippen molar-refractivity contribution >= 4 is 17.9 Å². The highest BCUT2D eigenvalue weighted by Gasteiger charge is 2.19. The van der Waals surface area contributed by atoms with Gasteiger partial charge in [0.1, 0.15) is 13.2 Å². The Hall–Kier alpha value is -3.93. The standard InChI is InChI=1S/C70H118O6/c1-4-7-10-13-16-18-20-22-24-26-28-30-32-34-35-37-38-40-42-44-46-48-50-52-54-57-60-63-69(72)75-66-67(65-74-68(71)62-59-56-15-12-9-6-3)76-70(73)64-61-58-55-53-51-49-47-45-43-41-39-36-33-31-29-27-25-23-21-19-17-14-11-8-5-2/h7,10,16,18,21-24,27-30,34-35,38,40,44,46,67H,4-6,8-9,11-15,17,19-20,25-26,31-33,36-37,39,41-43,45,47-66H2,1-3H3/b10-7-,18-16-,23-21-,24-22-,29-27-,30-28-,35-34-,40-38-,46-44-. The fourth-order valence-corrected chi connectivity index (χ4v) is 8.75. The molecule has 6 nitrogen and oxygen atoms in total. The van der Waals surface area contributed by atoms with Crippen LogP contribution in [0, 0.1) is 0 Å². The maximum atomic E-state index is 12.9.